The molecule has 0 amide bonds. The highest BCUT2D eigenvalue weighted by molar-refractivity contribution is 7.11. The predicted octanol–water partition coefficient (Wildman–Crippen LogP) is 3.37. The van der Waals surface area contributed by atoms with Crippen molar-refractivity contribution in [1.82, 2.24) is 9.97 Å². The Labute approximate surface area is 139 Å². The fraction of sp³-hybridized carbons (Fsp3) is 0.133. The minimum absolute atomic E-state index is 0.0145. The van der Waals surface area contributed by atoms with Crippen LogP contribution in [0.15, 0.2) is 40.4 Å². The van der Waals surface area contributed by atoms with Gasteiger partial charge in [-0.25, -0.2) is 14.8 Å². The number of non-ortho nitro benzene ring substituents is 1. The van der Waals surface area contributed by atoms with Crippen molar-refractivity contribution in [2.75, 3.05) is 0 Å². The van der Waals surface area contributed by atoms with Crippen molar-refractivity contribution in [2.24, 2.45) is 0 Å². The lowest BCUT2D eigenvalue weighted by molar-refractivity contribution is -0.384. The number of esters is 1. The summed E-state index contributed by atoms with van der Waals surface area (Å²) in [5, 5.41) is 10.6. The van der Waals surface area contributed by atoms with Crippen LogP contribution in [0.4, 0.5) is 5.69 Å². The Morgan fingerprint density at radius 1 is 1.33 bits per heavy atom. The van der Waals surface area contributed by atoms with Crippen LogP contribution >= 0.6 is 11.3 Å². The fourth-order valence-corrected chi connectivity index (χ4v) is 2.63. The molecule has 1 aromatic carbocycles. The van der Waals surface area contributed by atoms with Crippen molar-refractivity contribution in [1.29, 1.82) is 0 Å². The van der Waals surface area contributed by atoms with E-state index in [0.29, 0.717) is 27.8 Å². The second kappa shape index (κ2) is 6.59. The number of ether oxygens (including phenoxy) is 1. The van der Waals surface area contributed by atoms with Crippen LogP contribution in [0.25, 0.3) is 11.5 Å². The zero-order chi connectivity index (χ0) is 17.1. The number of thiazole rings is 1. The first-order chi connectivity index (χ1) is 11.5. The molecule has 2 heterocycles. The monoisotopic (exact) mass is 345 g/mol. The SMILES string of the molecule is Cc1ncsc1C(=O)OCc1cnc(-c2ccc([N+](=O)[O-])cc2)o1. The van der Waals surface area contributed by atoms with Gasteiger partial charge in [0.1, 0.15) is 4.88 Å². The number of carbonyl (C=O) groups is 1. The Morgan fingerprint density at radius 3 is 2.71 bits per heavy atom. The second-order valence-electron chi connectivity index (χ2n) is 4.78. The molecule has 122 valence electrons. The van der Waals surface area contributed by atoms with E-state index in [-0.39, 0.29) is 12.3 Å². The smallest absolute Gasteiger partial charge is 0.350 e. The maximum Gasteiger partial charge on any atom is 0.350 e. The van der Waals surface area contributed by atoms with Crippen LogP contribution in [-0.4, -0.2) is 20.9 Å². The van der Waals surface area contributed by atoms with Crippen LogP contribution in [0.5, 0.6) is 0 Å². The summed E-state index contributed by atoms with van der Waals surface area (Å²) < 4.78 is 10.7. The molecule has 9 heteroatoms. The largest absolute Gasteiger partial charge is 0.453 e. The highest BCUT2D eigenvalue weighted by Crippen LogP contribution is 2.23. The molecule has 0 saturated carbocycles. The minimum Gasteiger partial charge on any atom is -0.453 e. The Kier molecular flexibility index (Phi) is 4.34. The van der Waals surface area contributed by atoms with Crippen LogP contribution in [0.3, 0.4) is 0 Å². The van der Waals surface area contributed by atoms with Crippen molar-refractivity contribution in [3.05, 3.63) is 62.4 Å². The van der Waals surface area contributed by atoms with Crippen molar-refractivity contribution >= 4 is 23.0 Å². The number of oxazole rings is 1. The first kappa shape index (κ1) is 15.8. The molecule has 0 aliphatic rings. The van der Waals surface area contributed by atoms with Gasteiger partial charge >= 0.3 is 5.97 Å². The quantitative estimate of drug-likeness (QED) is 0.396. The third-order valence-corrected chi connectivity index (χ3v) is 4.06. The van der Waals surface area contributed by atoms with Crippen LogP contribution in [-0.2, 0) is 11.3 Å². The van der Waals surface area contributed by atoms with Crippen molar-refractivity contribution < 1.29 is 18.9 Å². The Hall–Kier alpha value is -3.07. The molecule has 0 spiro atoms. The number of benzene rings is 1. The third-order valence-electron chi connectivity index (χ3n) is 3.16. The maximum absolute atomic E-state index is 11.9. The fourth-order valence-electron chi connectivity index (χ4n) is 1.93. The first-order valence-corrected chi connectivity index (χ1v) is 7.69. The van der Waals surface area contributed by atoms with Crippen LogP contribution in [0.2, 0.25) is 0 Å². The molecule has 8 nitrogen and oxygen atoms in total. The zero-order valence-electron chi connectivity index (χ0n) is 12.5. The molecule has 0 bridgehead atoms. The van der Waals surface area contributed by atoms with E-state index in [0.717, 1.165) is 0 Å². The van der Waals surface area contributed by atoms with Gasteiger partial charge in [0, 0.05) is 17.7 Å². The van der Waals surface area contributed by atoms with Gasteiger partial charge in [0.25, 0.3) is 5.69 Å². The lowest BCUT2D eigenvalue weighted by atomic mass is 10.2. The lowest BCUT2D eigenvalue weighted by Crippen LogP contribution is -2.04. The standard InChI is InChI=1S/C15H11N3O5S/c1-9-13(24-8-17-9)15(19)22-7-12-6-16-14(23-12)10-2-4-11(5-3-10)18(20)21/h2-6,8H,7H2,1H3. The molecule has 0 aliphatic carbocycles. The Bertz CT molecular complexity index is 885. The van der Waals surface area contributed by atoms with E-state index >= 15 is 0 Å². The summed E-state index contributed by atoms with van der Waals surface area (Å²) in [5.41, 5.74) is 2.78. The van der Waals surface area contributed by atoms with Gasteiger partial charge < -0.3 is 9.15 Å². The molecule has 0 aliphatic heterocycles. The molecule has 2 aromatic heterocycles. The number of aromatic nitrogens is 2. The van der Waals surface area contributed by atoms with Gasteiger partial charge in [-0.3, -0.25) is 10.1 Å². The molecular formula is C15H11N3O5S. The zero-order valence-corrected chi connectivity index (χ0v) is 13.3. The van der Waals surface area contributed by atoms with Gasteiger partial charge in [0.15, 0.2) is 12.4 Å². The average Bonchev–Trinajstić information content (AvgIpc) is 3.21. The number of nitrogens with zero attached hydrogens (tertiary/aromatic N) is 3. The highest BCUT2D eigenvalue weighted by atomic mass is 32.1. The van der Waals surface area contributed by atoms with Gasteiger partial charge in [-0.1, -0.05) is 0 Å². The predicted molar refractivity (Wildman–Crippen MR) is 84.6 cm³/mol. The van der Waals surface area contributed by atoms with Crippen molar-refractivity contribution in [3.8, 4) is 11.5 Å². The van der Waals surface area contributed by atoms with Crippen LogP contribution in [0.1, 0.15) is 21.1 Å². The summed E-state index contributed by atoms with van der Waals surface area (Å²) in [4.78, 5) is 30.6. The topological polar surface area (TPSA) is 108 Å². The van der Waals surface area contributed by atoms with E-state index < -0.39 is 10.9 Å². The van der Waals surface area contributed by atoms with Gasteiger partial charge in [-0.2, -0.15) is 0 Å². The number of carbonyl (C=O) groups excluding carboxylic acids is 1. The molecule has 0 saturated heterocycles. The summed E-state index contributed by atoms with van der Waals surface area (Å²) in [6, 6.07) is 5.82. The van der Waals surface area contributed by atoms with E-state index in [1.807, 2.05) is 0 Å². The van der Waals surface area contributed by atoms with Gasteiger partial charge in [-0.15, -0.1) is 11.3 Å². The molecule has 0 radical (unpaired) electrons. The summed E-state index contributed by atoms with van der Waals surface area (Å²) in [5.74, 6) is 0.201. The van der Waals surface area contributed by atoms with E-state index in [1.54, 1.807) is 24.6 Å². The molecular weight excluding hydrogens is 334 g/mol. The number of aryl methyl sites for hydroxylation is 1. The van der Waals surface area contributed by atoms with E-state index in [4.69, 9.17) is 9.15 Å². The van der Waals surface area contributed by atoms with Gasteiger partial charge in [0.05, 0.1) is 22.3 Å². The number of nitro groups is 1. The Balaban J connectivity index is 1.66. The molecule has 0 fully saturated rings. The lowest BCUT2D eigenvalue weighted by Gasteiger charge is -2.00. The normalized spacial score (nSPS) is 10.5. The summed E-state index contributed by atoms with van der Waals surface area (Å²) >= 11 is 1.21. The van der Waals surface area contributed by atoms with Crippen molar-refractivity contribution in [2.45, 2.75) is 13.5 Å². The molecule has 0 unspecified atom stereocenters. The summed E-state index contributed by atoms with van der Waals surface area (Å²) in [7, 11) is 0. The number of nitro benzene ring substituents is 1. The molecule has 0 atom stereocenters. The van der Waals surface area contributed by atoms with Gasteiger partial charge in [0.2, 0.25) is 5.89 Å². The second-order valence-corrected chi connectivity index (χ2v) is 5.63. The summed E-state index contributed by atoms with van der Waals surface area (Å²) in [6.45, 7) is 1.67. The first-order valence-electron chi connectivity index (χ1n) is 6.81. The van der Waals surface area contributed by atoms with E-state index in [2.05, 4.69) is 9.97 Å². The van der Waals surface area contributed by atoms with Gasteiger partial charge in [-0.05, 0) is 19.1 Å². The molecule has 3 aromatic rings. The number of hydrogen-bond acceptors (Lipinski definition) is 8. The molecule has 24 heavy (non-hydrogen) atoms. The average molecular weight is 345 g/mol. The van der Waals surface area contributed by atoms with Crippen LogP contribution in [0, 0.1) is 17.0 Å². The molecule has 0 N–H and O–H groups in total. The Morgan fingerprint density at radius 2 is 2.08 bits per heavy atom. The number of rotatable bonds is 5. The van der Waals surface area contributed by atoms with Crippen LogP contribution < -0.4 is 0 Å². The van der Waals surface area contributed by atoms with Crippen molar-refractivity contribution in [3.63, 3.8) is 0 Å². The third kappa shape index (κ3) is 3.30. The van der Waals surface area contributed by atoms with E-state index in [9.17, 15) is 14.9 Å². The van der Waals surface area contributed by atoms with E-state index in [1.165, 1.54) is 29.7 Å². The summed E-state index contributed by atoms with van der Waals surface area (Å²) in [6.07, 6.45) is 1.45. The minimum atomic E-state index is -0.481. The highest BCUT2D eigenvalue weighted by Gasteiger charge is 2.15. The molecule has 3 rings (SSSR count). The maximum atomic E-state index is 11.9. The number of hydrogen-bond donors (Lipinski definition) is 0.